The number of amides is 1. The van der Waals surface area contributed by atoms with Crippen molar-refractivity contribution in [1.29, 1.82) is 0 Å². The summed E-state index contributed by atoms with van der Waals surface area (Å²) in [6.07, 6.45) is 4.54. The molecule has 2 N–H and O–H groups in total. The first kappa shape index (κ1) is 16.1. The Balaban J connectivity index is 2.80. The lowest BCUT2D eigenvalue weighted by Gasteiger charge is -2.19. The SMILES string of the molecule is C#CCNC(=O)C(C)Oc1c(C)cccc1CNCC. The molecule has 0 aliphatic carbocycles. The molecule has 0 fully saturated rings. The average molecular weight is 274 g/mol. The maximum Gasteiger partial charge on any atom is 0.261 e. The van der Waals surface area contributed by atoms with Gasteiger partial charge in [0.1, 0.15) is 5.75 Å². The van der Waals surface area contributed by atoms with Crippen LogP contribution in [0.1, 0.15) is 25.0 Å². The highest BCUT2D eigenvalue weighted by Crippen LogP contribution is 2.24. The van der Waals surface area contributed by atoms with Gasteiger partial charge in [0.15, 0.2) is 6.10 Å². The van der Waals surface area contributed by atoms with E-state index < -0.39 is 6.10 Å². The quantitative estimate of drug-likeness (QED) is 0.743. The summed E-state index contributed by atoms with van der Waals surface area (Å²) < 4.78 is 5.81. The lowest BCUT2D eigenvalue weighted by atomic mass is 10.1. The first-order valence-corrected chi connectivity index (χ1v) is 6.77. The lowest BCUT2D eigenvalue weighted by molar-refractivity contribution is -0.127. The Morgan fingerprint density at radius 3 is 2.90 bits per heavy atom. The van der Waals surface area contributed by atoms with Gasteiger partial charge in [-0.3, -0.25) is 4.79 Å². The molecule has 0 heterocycles. The third-order valence-electron chi connectivity index (χ3n) is 2.89. The summed E-state index contributed by atoms with van der Waals surface area (Å²) >= 11 is 0. The number of benzene rings is 1. The molecule has 20 heavy (non-hydrogen) atoms. The molecular formula is C16H22N2O2. The van der Waals surface area contributed by atoms with Crippen LogP contribution < -0.4 is 15.4 Å². The number of rotatable bonds is 7. The molecule has 0 aromatic heterocycles. The summed E-state index contributed by atoms with van der Waals surface area (Å²) in [5.74, 6) is 2.92. The predicted octanol–water partition coefficient (Wildman–Crippen LogP) is 1.62. The lowest BCUT2D eigenvalue weighted by Crippen LogP contribution is -2.36. The highest BCUT2D eigenvalue weighted by molar-refractivity contribution is 5.81. The molecule has 0 radical (unpaired) electrons. The van der Waals surface area contributed by atoms with E-state index in [9.17, 15) is 4.79 Å². The molecular weight excluding hydrogens is 252 g/mol. The fourth-order valence-electron chi connectivity index (χ4n) is 1.79. The number of para-hydroxylation sites is 1. The van der Waals surface area contributed by atoms with E-state index in [0.29, 0.717) is 6.54 Å². The van der Waals surface area contributed by atoms with Gasteiger partial charge >= 0.3 is 0 Å². The van der Waals surface area contributed by atoms with Crippen LogP contribution in [0.25, 0.3) is 0 Å². The first-order valence-electron chi connectivity index (χ1n) is 6.77. The predicted molar refractivity (Wildman–Crippen MR) is 80.5 cm³/mol. The smallest absolute Gasteiger partial charge is 0.261 e. The van der Waals surface area contributed by atoms with E-state index in [1.807, 2.05) is 32.0 Å². The molecule has 1 aromatic carbocycles. The van der Waals surface area contributed by atoms with Crippen LogP contribution in [0.5, 0.6) is 5.75 Å². The van der Waals surface area contributed by atoms with E-state index in [4.69, 9.17) is 11.2 Å². The number of terminal acetylenes is 1. The molecule has 1 aromatic rings. The number of carbonyl (C=O) groups is 1. The van der Waals surface area contributed by atoms with Crippen molar-refractivity contribution in [3.8, 4) is 18.1 Å². The van der Waals surface area contributed by atoms with Crippen LogP contribution in [-0.4, -0.2) is 25.1 Å². The number of aryl methyl sites for hydroxylation is 1. The summed E-state index contributed by atoms with van der Waals surface area (Å²) in [5.41, 5.74) is 2.06. The van der Waals surface area contributed by atoms with Crippen LogP contribution in [0, 0.1) is 19.3 Å². The molecule has 0 aliphatic rings. The highest BCUT2D eigenvalue weighted by Gasteiger charge is 2.16. The van der Waals surface area contributed by atoms with Crippen LogP contribution in [0.2, 0.25) is 0 Å². The molecule has 0 saturated carbocycles. The fraction of sp³-hybridized carbons (Fsp3) is 0.438. The average Bonchev–Trinajstić information content (AvgIpc) is 2.45. The number of ether oxygens (including phenoxy) is 1. The van der Waals surface area contributed by atoms with Crippen LogP contribution in [0.3, 0.4) is 0 Å². The summed E-state index contributed by atoms with van der Waals surface area (Å²) in [5, 5.41) is 5.88. The molecule has 4 nitrogen and oxygen atoms in total. The molecule has 4 heteroatoms. The molecule has 0 spiro atoms. The zero-order valence-corrected chi connectivity index (χ0v) is 12.3. The summed E-state index contributed by atoms with van der Waals surface area (Å²) in [7, 11) is 0. The van der Waals surface area contributed by atoms with Gasteiger partial charge in [0.2, 0.25) is 0 Å². The standard InChI is InChI=1S/C16H22N2O2/c1-5-10-18-16(19)13(4)20-15-12(3)8-7-9-14(15)11-17-6-2/h1,7-9,13,17H,6,10-11H2,2-4H3,(H,18,19). The van der Waals surface area contributed by atoms with Gasteiger partial charge < -0.3 is 15.4 Å². The third-order valence-corrected chi connectivity index (χ3v) is 2.89. The van der Waals surface area contributed by atoms with Gasteiger partial charge in [-0.1, -0.05) is 31.0 Å². The van der Waals surface area contributed by atoms with Crippen molar-refractivity contribution in [1.82, 2.24) is 10.6 Å². The van der Waals surface area contributed by atoms with Crippen molar-refractivity contribution in [2.45, 2.75) is 33.4 Å². The van der Waals surface area contributed by atoms with Gasteiger partial charge in [-0.2, -0.15) is 0 Å². The maximum absolute atomic E-state index is 11.8. The van der Waals surface area contributed by atoms with Gasteiger partial charge in [-0.05, 0) is 26.0 Å². The van der Waals surface area contributed by atoms with Crippen LogP contribution in [0.15, 0.2) is 18.2 Å². The van der Waals surface area contributed by atoms with Crippen molar-refractivity contribution in [2.75, 3.05) is 13.1 Å². The van der Waals surface area contributed by atoms with Crippen molar-refractivity contribution in [2.24, 2.45) is 0 Å². The number of carbonyl (C=O) groups excluding carboxylic acids is 1. The molecule has 1 rings (SSSR count). The molecule has 108 valence electrons. The Labute approximate surface area is 120 Å². The van der Waals surface area contributed by atoms with Gasteiger partial charge in [-0.25, -0.2) is 0 Å². The zero-order chi connectivity index (χ0) is 15.0. The van der Waals surface area contributed by atoms with Gasteiger partial charge in [0.25, 0.3) is 5.91 Å². The Bertz CT molecular complexity index is 492. The second-order valence-electron chi connectivity index (χ2n) is 4.53. The van der Waals surface area contributed by atoms with E-state index in [1.165, 1.54) is 0 Å². The van der Waals surface area contributed by atoms with Crippen molar-refractivity contribution >= 4 is 5.91 Å². The second kappa shape index (κ2) is 8.23. The topological polar surface area (TPSA) is 50.4 Å². The minimum Gasteiger partial charge on any atom is -0.480 e. The molecule has 1 atom stereocenters. The molecule has 0 saturated heterocycles. The normalized spacial score (nSPS) is 11.5. The largest absolute Gasteiger partial charge is 0.480 e. The van der Waals surface area contributed by atoms with E-state index in [0.717, 1.165) is 23.4 Å². The van der Waals surface area contributed by atoms with E-state index in [-0.39, 0.29) is 12.5 Å². The number of hydrogen-bond donors (Lipinski definition) is 2. The van der Waals surface area contributed by atoms with Crippen LogP contribution >= 0.6 is 0 Å². The Morgan fingerprint density at radius 2 is 2.25 bits per heavy atom. The monoisotopic (exact) mass is 274 g/mol. The van der Waals surface area contributed by atoms with Gasteiger partial charge in [0, 0.05) is 12.1 Å². The molecule has 0 bridgehead atoms. The fourth-order valence-corrected chi connectivity index (χ4v) is 1.79. The van der Waals surface area contributed by atoms with E-state index in [1.54, 1.807) is 6.92 Å². The van der Waals surface area contributed by atoms with E-state index in [2.05, 4.69) is 16.6 Å². The Hall–Kier alpha value is -1.99. The first-order chi connectivity index (χ1) is 9.60. The second-order valence-corrected chi connectivity index (χ2v) is 4.53. The highest BCUT2D eigenvalue weighted by atomic mass is 16.5. The minimum absolute atomic E-state index is 0.208. The van der Waals surface area contributed by atoms with Crippen LogP contribution in [0.4, 0.5) is 0 Å². The van der Waals surface area contributed by atoms with Crippen molar-refractivity contribution < 1.29 is 9.53 Å². The maximum atomic E-state index is 11.8. The Kier molecular flexibility index (Phi) is 6.61. The Morgan fingerprint density at radius 1 is 1.50 bits per heavy atom. The molecule has 1 unspecified atom stereocenters. The van der Waals surface area contributed by atoms with Crippen molar-refractivity contribution in [3.05, 3.63) is 29.3 Å². The summed E-state index contributed by atoms with van der Waals surface area (Å²) in [6.45, 7) is 7.54. The number of hydrogen-bond acceptors (Lipinski definition) is 3. The summed E-state index contributed by atoms with van der Waals surface area (Å²) in [4.78, 5) is 11.8. The van der Waals surface area contributed by atoms with Gasteiger partial charge in [-0.15, -0.1) is 6.42 Å². The van der Waals surface area contributed by atoms with E-state index >= 15 is 0 Å². The summed E-state index contributed by atoms with van der Waals surface area (Å²) in [6, 6.07) is 5.95. The van der Waals surface area contributed by atoms with Gasteiger partial charge in [0.05, 0.1) is 6.54 Å². The zero-order valence-electron chi connectivity index (χ0n) is 12.3. The number of nitrogens with one attached hydrogen (secondary N) is 2. The third kappa shape index (κ3) is 4.60. The molecule has 0 aliphatic heterocycles. The molecule has 1 amide bonds. The minimum atomic E-state index is -0.579. The van der Waals surface area contributed by atoms with Crippen molar-refractivity contribution in [3.63, 3.8) is 0 Å². The van der Waals surface area contributed by atoms with Crippen LogP contribution in [-0.2, 0) is 11.3 Å².